The van der Waals surface area contributed by atoms with Crippen LogP contribution in [0.4, 0.5) is 5.69 Å². The average molecular weight is 426 g/mol. The van der Waals surface area contributed by atoms with Gasteiger partial charge >= 0.3 is 5.97 Å². The van der Waals surface area contributed by atoms with Gasteiger partial charge in [-0.3, -0.25) is 9.89 Å². The molecular weight excluding hydrogens is 404 g/mol. The second-order valence-corrected chi connectivity index (χ2v) is 7.17. The molecule has 0 aliphatic rings. The molecule has 0 aliphatic heterocycles. The van der Waals surface area contributed by atoms with Crippen molar-refractivity contribution in [2.45, 2.75) is 25.1 Å². The number of aryl methyl sites for hydroxylation is 1. The number of anilines is 1. The Morgan fingerprint density at radius 2 is 1.90 bits per heavy atom. The van der Waals surface area contributed by atoms with E-state index < -0.39 is 5.97 Å². The highest BCUT2D eigenvalue weighted by molar-refractivity contribution is 7.99. The zero-order valence-corrected chi connectivity index (χ0v) is 17.5. The summed E-state index contributed by atoms with van der Waals surface area (Å²) in [6.07, 6.45) is 0.977. The SMILES string of the molecule is CCc1ccc(OCc2nc(SCC(=O)Nc3ccccc3C(=O)OC)n[nH]2)cc1. The lowest BCUT2D eigenvalue weighted by Crippen LogP contribution is -2.17. The van der Waals surface area contributed by atoms with Crippen LogP contribution in [-0.2, 0) is 22.6 Å². The molecule has 156 valence electrons. The van der Waals surface area contributed by atoms with Crippen LogP contribution in [0.15, 0.2) is 53.7 Å². The highest BCUT2D eigenvalue weighted by Gasteiger charge is 2.14. The third-order valence-electron chi connectivity index (χ3n) is 4.16. The lowest BCUT2D eigenvalue weighted by molar-refractivity contribution is -0.113. The van der Waals surface area contributed by atoms with Crippen LogP contribution in [0.3, 0.4) is 0 Å². The number of esters is 1. The third-order valence-corrected chi connectivity index (χ3v) is 5.00. The van der Waals surface area contributed by atoms with E-state index in [2.05, 4.69) is 27.4 Å². The van der Waals surface area contributed by atoms with Crippen LogP contribution in [0.25, 0.3) is 0 Å². The quantitative estimate of drug-likeness (QED) is 0.399. The number of carbonyl (C=O) groups is 2. The van der Waals surface area contributed by atoms with Crippen molar-refractivity contribution in [1.82, 2.24) is 15.2 Å². The fourth-order valence-corrected chi connectivity index (χ4v) is 3.19. The number of ether oxygens (including phenoxy) is 2. The molecule has 1 heterocycles. The number of nitrogens with one attached hydrogen (secondary N) is 2. The zero-order valence-electron chi connectivity index (χ0n) is 16.7. The molecule has 1 aromatic heterocycles. The van der Waals surface area contributed by atoms with E-state index in [-0.39, 0.29) is 18.3 Å². The summed E-state index contributed by atoms with van der Waals surface area (Å²) in [5, 5.41) is 10.0. The standard InChI is InChI=1S/C21H22N4O4S/c1-3-14-8-10-15(11-9-14)29-12-18-23-21(25-24-18)30-13-19(26)22-17-7-5-4-6-16(17)20(27)28-2/h4-11H,3,12-13H2,1-2H3,(H,22,26)(H,23,24,25). The largest absolute Gasteiger partial charge is 0.486 e. The van der Waals surface area contributed by atoms with Crippen LogP contribution >= 0.6 is 11.8 Å². The Morgan fingerprint density at radius 1 is 1.13 bits per heavy atom. The second kappa shape index (κ2) is 10.4. The first-order valence-electron chi connectivity index (χ1n) is 9.32. The molecule has 0 atom stereocenters. The molecule has 2 N–H and O–H groups in total. The van der Waals surface area contributed by atoms with Crippen LogP contribution in [0, 0.1) is 0 Å². The maximum atomic E-state index is 12.2. The number of methoxy groups -OCH3 is 1. The summed E-state index contributed by atoms with van der Waals surface area (Å²) in [7, 11) is 1.29. The minimum absolute atomic E-state index is 0.0894. The number of thioether (sulfide) groups is 1. The predicted octanol–water partition coefficient (Wildman–Crippen LogP) is 3.46. The van der Waals surface area contributed by atoms with Gasteiger partial charge < -0.3 is 14.8 Å². The number of nitrogens with zero attached hydrogens (tertiary/aromatic N) is 2. The fourth-order valence-electron chi connectivity index (χ4n) is 2.58. The van der Waals surface area contributed by atoms with Gasteiger partial charge in [-0.25, -0.2) is 9.78 Å². The third kappa shape index (κ3) is 5.84. The van der Waals surface area contributed by atoms with Gasteiger partial charge in [0, 0.05) is 0 Å². The Morgan fingerprint density at radius 3 is 2.63 bits per heavy atom. The molecule has 0 spiro atoms. The molecule has 3 rings (SSSR count). The Balaban J connectivity index is 1.49. The molecule has 30 heavy (non-hydrogen) atoms. The highest BCUT2D eigenvalue weighted by atomic mass is 32.2. The lowest BCUT2D eigenvalue weighted by atomic mass is 10.2. The highest BCUT2D eigenvalue weighted by Crippen LogP contribution is 2.18. The molecule has 0 saturated carbocycles. The van der Waals surface area contributed by atoms with Gasteiger partial charge in [-0.2, -0.15) is 0 Å². The first-order valence-corrected chi connectivity index (χ1v) is 10.3. The molecule has 0 saturated heterocycles. The van der Waals surface area contributed by atoms with Crippen molar-refractivity contribution >= 4 is 29.3 Å². The predicted molar refractivity (Wildman–Crippen MR) is 114 cm³/mol. The second-order valence-electron chi connectivity index (χ2n) is 6.22. The van der Waals surface area contributed by atoms with E-state index in [0.29, 0.717) is 22.2 Å². The van der Waals surface area contributed by atoms with Gasteiger partial charge in [0.15, 0.2) is 5.82 Å². The number of hydrogen-bond acceptors (Lipinski definition) is 7. The smallest absolute Gasteiger partial charge is 0.339 e. The summed E-state index contributed by atoms with van der Waals surface area (Å²) in [4.78, 5) is 28.3. The molecule has 0 radical (unpaired) electrons. The number of aromatic nitrogens is 3. The Bertz CT molecular complexity index is 1000. The van der Waals surface area contributed by atoms with Crippen molar-refractivity contribution in [1.29, 1.82) is 0 Å². The lowest BCUT2D eigenvalue weighted by Gasteiger charge is -2.08. The van der Waals surface area contributed by atoms with E-state index in [1.807, 2.05) is 24.3 Å². The van der Waals surface area contributed by atoms with E-state index in [0.717, 1.165) is 12.2 Å². The normalized spacial score (nSPS) is 10.5. The van der Waals surface area contributed by atoms with Crippen LogP contribution in [0.1, 0.15) is 28.7 Å². The average Bonchev–Trinajstić information content (AvgIpc) is 3.24. The van der Waals surface area contributed by atoms with Crippen LogP contribution in [0.5, 0.6) is 5.75 Å². The number of H-pyrrole nitrogens is 1. The summed E-state index contributed by atoms with van der Waals surface area (Å²) < 4.78 is 10.4. The van der Waals surface area contributed by atoms with Crippen molar-refractivity contribution in [3.05, 3.63) is 65.5 Å². The maximum Gasteiger partial charge on any atom is 0.339 e. The number of carbonyl (C=O) groups excluding carboxylic acids is 2. The molecule has 0 aliphatic carbocycles. The molecule has 0 unspecified atom stereocenters. The minimum Gasteiger partial charge on any atom is -0.486 e. The molecular formula is C21H22N4O4S. The van der Waals surface area contributed by atoms with Gasteiger partial charge in [0.05, 0.1) is 24.1 Å². The van der Waals surface area contributed by atoms with Crippen molar-refractivity contribution < 1.29 is 19.1 Å². The molecule has 0 fully saturated rings. The van der Waals surface area contributed by atoms with E-state index >= 15 is 0 Å². The van der Waals surface area contributed by atoms with Crippen molar-refractivity contribution in [3.8, 4) is 5.75 Å². The first kappa shape index (κ1) is 21.4. The van der Waals surface area contributed by atoms with Crippen LogP contribution < -0.4 is 10.1 Å². The topological polar surface area (TPSA) is 106 Å². The summed E-state index contributed by atoms with van der Waals surface area (Å²) in [5.41, 5.74) is 1.93. The monoisotopic (exact) mass is 426 g/mol. The molecule has 2 aromatic carbocycles. The van der Waals surface area contributed by atoms with E-state index in [1.54, 1.807) is 24.3 Å². The summed E-state index contributed by atoms with van der Waals surface area (Å²) in [5.74, 6) is 0.609. The van der Waals surface area contributed by atoms with Crippen LogP contribution in [-0.4, -0.2) is 39.9 Å². The van der Waals surface area contributed by atoms with Crippen molar-refractivity contribution in [2.75, 3.05) is 18.2 Å². The van der Waals surface area contributed by atoms with Gasteiger partial charge in [-0.15, -0.1) is 5.10 Å². The minimum atomic E-state index is -0.513. The Hall–Kier alpha value is -3.33. The van der Waals surface area contributed by atoms with Gasteiger partial charge in [0.1, 0.15) is 12.4 Å². The van der Waals surface area contributed by atoms with E-state index in [1.165, 1.54) is 24.4 Å². The number of hydrogen-bond donors (Lipinski definition) is 2. The Kier molecular flexibility index (Phi) is 7.45. The summed E-state index contributed by atoms with van der Waals surface area (Å²) in [6.45, 7) is 2.35. The van der Waals surface area contributed by atoms with Gasteiger partial charge in [0.2, 0.25) is 11.1 Å². The van der Waals surface area contributed by atoms with Crippen molar-refractivity contribution in [3.63, 3.8) is 0 Å². The number of amides is 1. The molecule has 8 nitrogen and oxygen atoms in total. The van der Waals surface area contributed by atoms with Gasteiger partial charge in [-0.05, 0) is 36.2 Å². The molecule has 9 heteroatoms. The number of rotatable bonds is 9. The molecule has 1 amide bonds. The van der Waals surface area contributed by atoms with Crippen LogP contribution in [0.2, 0.25) is 0 Å². The van der Waals surface area contributed by atoms with Gasteiger partial charge in [0.25, 0.3) is 0 Å². The van der Waals surface area contributed by atoms with Crippen molar-refractivity contribution in [2.24, 2.45) is 0 Å². The fraction of sp³-hybridized carbons (Fsp3) is 0.238. The Labute approximate surface area is 178 Å². The number of aromatic amines is 1. The van der Waals surface area contributed by atoms with E-state index in [4.69, 9.17) is 9.47 Å². The first-order chi connectivity index (χ1) is 14.6. The summed E-state index contributed by atoms with van der Waals surface area (Å²) >= 11 is 1.18. The molecule has 3 aromatic rings. The zero-order chi connectivity index (χ0) is 21.3. The van der Waals surface area contributed by atoms with E-state index in [9.17, 15) is 9.59 Å². The van der Waals surface area contributed by atoms with Gasteiger partial charge in [-0.1, -0.05) is 43.0 Å². The number of para-hydroxylation sites is 1. The molecule has 0 bridgehead atoms. The summed E-state index contributed by atoms with van der Waals surface area (Å²) in [6, 6.07) is 14.5. The number of benzene rings is 2. The maximum absolute atomic E-state index is 12.2.